The van der Waals surface area contributed by atoms with Gasteiger partial charge in [0.15, 0.2) is 9.84 Å². The van der Waals surface area contributed by atoms with Crippen LogP contribution in [0.25, 0.3) is 0 Å². The highest BCUT2D eigenvalue weighted by atomic mass is 32.2. The minimum absolute atomic E-state index is 0.0192. The van der Waals surface area contributed by atoms with E-state index < -0.39 is 15.4 Å². The summed E-state index contributed by atoms with van der Waals surface area (Å²) >= 11 is 0. The summed E-state index contributed by atoms with van der Waals surface area (Å²) < 4.78 is 28.3. The van der Waals surface area contributed by atoms with Crippen LogP contribution in [-0.4, -0.2) is 57.0 Å². The Labute approximate surface area is 137 Å². The van der Waals surface area contributed by atoms with Crippen LogP contribution >= 0.6 is 0 Å². The van der Waals surface area contributed by atoms with E-state index >= 15 is 0 Å². The van der Waals surface area contributed by atoms with Gasteiger partial charge in [-0.3, -0.25) is 9.69 Å². The standard InChI is InChI=1S/C16H24N2O4S/c1-16(7-8-23(20,21)12-16)17-15(19)11-18(2)10-13-5-4-6-14(9-13)22-3/h4-6,9H,7-8,10-12H2,1-3H3,(H,17,19)/t16-/m0/s1. The molecule has 1 aliphatic rings. The van der Waals surface area contributed by atoms with E-state index in [0.29, 0.717) is 13.0 Å². The van der Waals surface area contributed by atoms with Crippen LogP contribution in [0.4, 0.5) is 0 Å². The molecule has 0 radical (unpaired) electrons. The van der Waals surface area contributed by atoms with Crippen LogP contribution in [0.3, 0.4) is 0 Å². The number of ether oxygens (including phenoxy) is 1. The summed E-state index contributed by atoms with van der Waals surface area (Å²) in [5.74, 6) is 0.786. The Balaban J connectivity index is 1.87. The molecule has 0 aliphatic carbocycles. The molecule has 2 rings (SSSR count). The van der Waals surface area contributed by atoms with Gasteiger partial charge in [0.05, 0.1) is 30.7 Å². The highest BCUT2D eigenvalue weighted by molar-refractivity contribution is 7.91. The minimum atomic E-state index is -3.03. The molecule has 6 nitrogen and oxygen atoms in total. The first-order valence-electron chi connectivity index (χ1n) is 7.54. The second kappa shape index (κ2) is 6.88. The Bertz CT molecular complexity index is 674. The third-order valence-corrected chi connectivity index (χ3v) is 5.85. The molecule has 0 spiro atoms. The molecule has 0 aromatic heterocycles. The Morgan fingerprint density at radius 3 is 2.78 bits per heavy atom. The van der Waals surface area contributed by atoms with Gasteiger partial charge in [0, 0.05) is 6.54 Å². The number of nitrogens with zero attached hydrogens (tertiary/aromatic N) is 1. The first kappa shape index (κ1) is 17.7. The Kier molecular flexibility index (Phi) is 5.31. The lowest BCUT2D eigenvalue weighted by molar-refractivity contribution is -0.123. The number of carbonyl (C=O) groups excluding carboxylic acids is 1. The predicted octanol–water partition coefficient (Wildman–Crippen LogP) is 0.820. The normalized spacial score (nSPS) is 23.0. The molecule has 1 aliphatic heterocycles. The van der Waals surface area contributed by atoms with Crippen molar-refractivity contribution in [3.8, 4) is 5.75 Å². The maximum Gasteiger partial charge on any atom is 0.234 e. The van der Waals surface area contributed by atoms with Crippen LogP contribution in [-0.2, 0) is 21.2 Å². The van der Waals surface area contributed by atoms with Gasteiger partial charge in [0.2, 0.25) is 5.91 Å². The quantitative estimate of drug-likeness (QED) is 0.830. The lowest BCUT2D eigenvalue weighted by atomic mass is 10.0. The maximum absolute atomic E-state index is 12.2. The number of hydrogen-bond donors (Lipinski definition) is 1. The molecule has 128 valence electrons. The van der Waals surface area contributed by atoms with Crippen molar-refractivity contribution < 1.29 is 17.9 Å². The summed E-state index contributed by atoms with van der Waals surface area (Å²) in [6.07, 6.45) is 0.473. The first-order valence-corrected chi connectivity index (χ1v) is 9.36. The van der Waals surface area contributed by atoms with E-state index in [1.54, 1.807) is 14.0 Å². The molecule has 1 fully saturated rings. The van der Waals surface area contributed by atoms with Crippen LogP contribution in [0.2, 0.25) is 0 Å². The van der Waals surface area contributed by atoms with Gasteiger partial charge < -0.3 is 10.1 Å². The SMILES string of the molecule is COc1cccc(CN(C)CC(=O)N[C@@]2(C)CCS(=O)(=O)C2)c1. The summed E-state index contributed by atoms with van der Waals surface area (Å²) in [5.41, 5.74) is 0.404. The van der Waals surface area contributed by atoms with Crippen molar-refractivity contribution in [1.82, 2.24) is 10.2 Å². The average Bonchev–Trinajstić information content (AvgIpc) is 2.71. The molecular weight excluding hydrogens is 316 g/mol. The molecule has 1 N–H and O–H groups in total. The van der Waals surface area contributed by atoms with E-state index in [1.165, 1.54) is 0 Å². The number of methoxy groups -OCH3 is 1. The lowest BCUT2D eigenvalue weighted by Crippen LogP contribution is -2.49. The molecule has 1 amide bonds. The van der Waals surface area contributed by atoms with E-state index in [0.717, 1.165) is 11.3 Å². The van der Waals surface area contributed by atoms with Gasteiger partial charge in [-0.1, -0.05) is 12.1 Å². The van der Waals surface area contributed by atoms with Crippen molar-refractivity contribution >= 4 is 15.7 Å². The molecule has 0 unspecified atom stereocenters. The van der Waals surface area contributed by atoms with Crippen molar-refractivity contribution in [3.63, 3.8) is 0 Å². The second-order valence-electron chi connectivity index (χ2n) is 6.47. The number of carbonyl (C=O) groups is 1. The van der Waals surface area contributed by atoms with Crippen LogP contribution in [0.1, 0.15) is 18.9 Å². The molecule has 1 aromatic carbocycles. The first-order chi connectivity index (χ1) is 10.7. The summed E-state index contributed by atoms with van der Waals surface area (Å²) in [6.45, 7) is 2.62. The summed E-state index contributed by atoms with van der Waals surface area (Å²) in [4.78, 5) is 14.1. The number of likely N-dealkylation sites (N-methyl/N-ethyl adjacent to an activating group) is 1. The van der Waals surface area contributed by atoms with E-state index in [4.69, 9.17) is 4.74 Å². The van der Waals surface area contributed by atoms with E-state index in [2.05, 4.69) is 5.32 Å². The zero-order valence-corrected chi connectivity index (χ0v) is 14.6. The van der Waals surface area contributed by atoms with Gasteiger partial charge in [-0.15, -0.1) is 0 Å². The van der Waals surface area contributed by atoms with Gasteiger partial charge in [0.1, 0.15) is 5.75 Å². The number of nitrogens with one attached hydrogen (secondary N) is 1. The maximum atomic E-state index is 12.2. The monoisotopic (exact) mass is 340 g/mol. The molecule has 1 aromatic rings. The number of hydrogen-bond acceptors (Lipinski definition) is 5. The number of sulfone groups is 1. The zero-order chi connectivity index (χ0) is 17.1. The van der Waals surface area contributed by atoms with Gasteiger partial charge >= 0.3 is 0 Å². The van der Waals surface area contributed by atoms with Crippen molar-refractivity contribution in [2.24, 2.45) is 0 Å². The predicted molar refractivity (Wildman–Crippen MR) is 89.1 cm³/mol. The third-order valence-electron chi connectivity index (χ3n) is 3.94. The average molecular weight is 340 g/mol. The van der Waals surface area contributed by atoms with Crippen molar-refractivity contribution in [3.05, 3.63) is 29.8 Å². The van der Waals surface area contributed by atoms with E-state index in [1.807, 2.05) is 36.2 Å². The fourth-order valence-electron chi connectivity index (χ4n) is 2.87. The van der Waals surface area contributed by atoms with Gasteiger partial charge in [-0.25, -0.2) is 8.42 Å². The number of rotatable bonds is 6. The summed E-state index contributed by atoms with van der Waals surface area (Å²) in [6, 6.07) is 7.69. The molecule has 0 saturated carbocycles. The topological polar surface area (TPSA) is 75.7 Å². The Hall–Kier alpha value is -1.60. The Morgan fingerprint density at radius 1 is 1.43 bits per heavy atom. The lowest BCUT2D eigenvalue weighted by Gasteiger charge is -2.25. The highest BCUT2D eigenvalue weighted by Crippen LogP contribution is 2.22. The van der Waals surface area contributed by atoms with Crippen LogP contribution < -0.4 is 10.1 Å². The third kappa shape index (κ3) is 5.21. The van der Waals surface area contributed by atoms with Crippen LogP contribution in [0, 0.1) is 0 Å². The van der Waals surface area contributed by atoms with Gasteiger partial charge in [-0.05, 0) is 38.1 Å². The highest BCUT2D eigenvalue weighted by Gasteiger charge is 2.39. The van der Waals surface area contributed by atoms with Crippen molar-refractivity contribution in [2.75, 3.05) is 32.2 Å². The molecule has 23 heavy (non-hydrogen) atoms. The van der Waals surface area contributed by atoms with Crippen LogP contribution in [0.15, 0.2) is 24.3 Å². The molecule has 1 heterocycles. The summed E-state index contributed by atoms with van der Waals surface area (Å²) in [5, 5.41) is 2.87. The fraction of sp³-hybridized carbons (Fsp3) is 0.562. The number of amides is 1. The Morgan fingerprint density at radius 2 is 2.17 bits per heavy atom. The largest absolute Gasteiger partial charge is 0.497 e. The zero-order valence-electron chi connectivity index (χ0n) is 13.8. The van der Waals surface area contributed by atoms with E-state index in [9.17, 15) is 13.2 Å². The molecular formula is C16H24N2O4S. The summed E-state index contributed by atoms with van der Waals surface area (Å²) in [7, 11) is 0.445. The van der Waals surface area contributed by atoms with Crippen molar-refractivity contribution in [1.29, 1.82) is 0 Å². The van der Waals surface area contributed by atoms with Gasteiger partial charge in [-0.2, -0.15) is 0 Å². The van der Waals surface area contributed by atoms with Gasteiger partial charge in [0.25, 0.3) is 0 Å². The van der Waals surface area contributed by atoms with Crippen molar-refractivity contribution in [2.45, 2.75) is 25.4 Å². The molecule has 7 heteroatoms. The van der Waals surface area contributed by atoms with Crippen LogP contribution in [0.5, 0.6) is 5.75 Å². The second-order valence-corrected chi connectivity index (χ2v) is 8.66. The molecule has 1 atom stereocenters. The fourth-order valence-corrected chi connectivity index (χ4v) is 4.96. The smallest absolute Gasteiger partial charge is 0.234 e. The molecule has 1 saturated heterocycles. The molecule has 0 bridgehead atoms. The van der Waals surface area contributed by atoms with E-state index in [-0.39, 0.29) is 24.0 Å². The minimum Gasteiger partial charge on any atom is -0.497 e. The number of benzene rings is 1.